The molecule has 0 bridgehead atoms. The highest BCUT2D eigenvalue weighted by atomic mass is 16.6. The normalized spacial score (nSPS) is 19.6. The Balaban J connectivity index is 2.35. The number of hydrogen-bond acceptors (Lipinski definition) is 3. The van der Waals surface area contributed by atoms with E-state index in [-0.39, 0.29) is 18.6 Å². The number of cyclic esters (lactones) is 1. The van der Waals surface area contributed by atoms with Crippen molar-refractivity contribution in [2.75, 3.05) is 18.1 Å². The topological polar surface area (TPSA) is 53.3 Å². The average molecular weight is 244 g/mol. The lowest BCUT2D eigenvalue weighted by Gasteiger charge is -2.31. The quantitative estimate of drug-likeness (QED) is 0.803. The van der Waals surface area contributed by atoms with Gasteiger partial charge in [0, 0.05) is 6.54 Å². The smallest absolute Gasteiger partial charge is 0.414 e. The molecule has 0 aliphatic carbocycles. The molecule has 1 aliphatic rings. The summed E-state index contributed by atoms with van der Waals surface area (Å²) >= 11 is 0. The SMILES string of the molecule is CC(C)c1ccccc1N1CC(C#N)COC1=O. The summed E-state index contributed by atoms with van der Waals surface area (Å²) in [7, 11) is 0. The zero-order valence-electron chi connectivity index (χ0n) is 10.6. The van der Waals surface area contributed by atoms with Crippen molar-refractivity contribution in [3.05, 3.63) is 29.8 Å². The van der Waals surface area contributed by atoms with Crippen LogP contribution in [0.15, 0.2) is 24.3 Å². The Morgan fingerprint density at radius 2 is 2.17 bits per heavy atom. The van der Waals surface area contributed by atoms with Gasteiger partial charge in [-0.2, -0.15) is 5.26 Å². The van der Waals surface area contributed by atoms with E-state index in [0.29, 0.717) is 12.5 Å². The fourth-order valence-corrected chi connectivity index (χ4v) is 2.09. The molecule has 1 unspecified atom stereocenters. The van der Waals surface area contributed by atoms with Crippen LogP contribution in [-0.2, 0) is 4.74 Å². The summed E-state index contributed by atoms with van der Waals surface area (Å²) in [6.07, 6.45) is -0.366. The molecular formula is C14H16N2O2. The van der Waals surface area contributed by atoms with Gasteiger partial charge in [0.05, 0.1) is 17.7 Å². The zero-order chi connectivity index (χ0) is 13.1. The van der Waals surface area contributed by atoms with E-state index in [4.69, 9.17) is 10.00 Å². The van der Waals surface area contributed by atoms with E-state index in [0.717, 1.165) is 11.3 Å². The molecule has 0 radical (unpaired) electrons. The van der Waals surface area contributed by atoms with E-state index in [9.17, 15) is 4.79 Å². The van der Waals surface area contributed by atoms with Gasteiger partial charge in [-0.05, 0) is 17.5 Å². The van der Waals surface area contributed by atoms with E-state index in [1.54, 1.807) is 4.90 Å². The monoisotopic (exact) mass is 244 g/mol. The Morgan fingerprint density at radius 1 is 1.44 bits per heavy atom. The summed E-state index contributed by atoms with van der Waals surface area (Å²) in [6, 6.07) is 9.90. The fraction of sp³-hybridized carbons (Fsp3) is 0.429. The maximum Gasteiger partial charge on any atom is 0.414 e. The number of nitriles is 1. The van der Waals surface area contributed by atoms with Crippen molar-refractivity contribution < 1.29 is 9.53 Å². The molecule has 0 aromatic heterocycles. The highest BCUT2D eigenvalue weighted by Crippen LogP contribution is 2.29. The van der Waals surface area contributed by atoms with Crippen LogP contribution < -0.4 is 4.90 Å². The predicted octanol–water partition coefficient (Wildman–Crippen LogP) is 2.91. The van der Waals surface area contributed by atoms with Gasteiger partial charge in [0.1, 0.15) is 6.61 Å². The molecule has 1 aliphatic heterocycles. The molecule has 1 aromatic carbocycles. The molecule has 1 amide bonds. The number of nitrogens with zero attached hydrogens (tertiary/aromatic N) is 2. The largest absolute Gasteiger partial charge is 0.448 e. The molecule has 1 saturated heterocycles. The van der Waals surface area contributed by atoms with Crippen molar-refractivity contribution in [2.24, 2.45) is 5.92 Å². The van der Waals surface area contributed by atoms with Gasteiger partial charge >= 0.3 is 6.09 Å². The Morgan fingerprint density at radius 3 is 2.83 bits per heavy atom. The standard InChI is InChI=1S/C14H16N2O2/c1-10(2)12-5-3-4-6-13(12)16-8-11(7-15)9-18-14(16)17/h3-6,10-11H,8-9H2,1-2H3. The van der Waals surface area contributed by atoms with Crippen LogP contribution in [0.25, 0.3) is 0 Å². The number of hydrogen-bond donors (Lipinski definition) is 0. The molecule has 2 rings (SSSR count). The van der Waals surface area contributed by atoms with Crippen LogP contribution in [0.1, 0.15) is 25.3 Å². The van der Waals surface area contributed by atoms with Crippen LogP contribution in [0, 0.1) is 17.2 Å². The number of benzene rings is 1. The summed E-state index contributed by atoms with van der Waals surface area (Å²) < 4.78 is 5.05. The number of ether oxygens (including phenoxy) is 1. The van der Waals surface area contributed by atoms with E-state index in [2.05, 4.69) is 19.9 Å². The minimum absolute atomic E-state index is 0.190. The van der Waals surface area contributed by atoms with Gasteiger partial charge in [0.2, 0.25) is 0 Å². The fourth-order valence-electron chi connectivity index (χ4n) is 2.09. The maximum atomic E-state index is 11.8. The third-order valence-electron chi connectivity index (χ3n) is 3.06. The lowest BCUT2D eigenvalue weighted by molar-refractivity contribution is 0.127. The predicted molar refractivity (Wildman–Crippen MR) is 68.3 cm³/mol. The average Bonchev–Trinajstić information content (AvgIpc) is 2.39. The molecule has 4 heteroatoms. The molecule has 1 atom stereocenters. The molecule has 0 N–H and O–H groups in total. The Bertz CT molecular complexity index is 491. The van der Waals surface area contributed by atoms with Gasteiger partial charge in [0.15, 0.2) is 0 Å². The molecule has 94 valence electrons. The number of rotatable bonds is 2. The Labute approximate surface area is 107 Å². The van der Waals surface area contributed by atoms with Crippen molar-refractivity contribution in [1.82, 2.24) is 0 Å². The minimum atomic E-state index is -0.366. The molecule has 1 aromatic rings. The van der Waals surface area contributed by atoms with Gasteiger partial charge in [-0.3, -0.25) is 4.90 Å². The minimum Gasteiger partial charge on any atom is -0.448 e. The molecule has 0 spiro atoms. The van der Waals surface area contributed by atoms with E-state index in [1.807, 2.05) is 24.3 Å². The zero-order valence-corrected chi connectivity index (χ0v) is 10.6. The van der Waals surface area contributed by atoms with Crippen molar-refractivity contribution in [2.45, 2.75) is 19.8 Å². The summed E-state index contributed by atoms with van der Waals surface area (Å²) in [6.45, 7) is 4.75. The molecule has 0 saturated carbocycles. The number of carbonyl (C=O) groups excluding carboxylic acids is 1. The van der Waals surface area contributed by atoms with E-state index < -0.39 is 0 Å². The van der Waals surface area contributed by atoms with Crippen molar-refractivity contribution in [1.29, 1.82) is 5.26 Å². The number of para-hydroxylation sites is 1. The second kappa shape index (κ2) is 5.09. The molecule has 1 heterocycles. The molecular weight excluding hydrogens is 228 g/mol. The second-order valence-electron chi connectivity index (χ2n) is 4.73. The van der Waals surface area contributed by atoms with Crippen molar-refractivity contribution in [3.63, 3.8) is 0 Å². The van der Waals surface area contributed by atoms with E-state index >= 15 is 0 Å². The lowest BCUT2D eigenvalue weighted by atomic mass is 9.99. The Kier molecular flexibility index (Phi) is 3.52. The summed E-state index contributed by atoms with van der Waals surface area (Å²) in [5.74, 6) is 0.0550. The number of anilines is 1. The van der Waals surface area contributed by atoms with Gasteiger partial charge in [-0.1, -0.05) is 32.0 Å². The van der Waals surface area contributed by atoms with Crippen LogP contribution in [0.2, 0.25) is 0 Å². The molecule has 18 heavy (non-hydrogen) atoms. The first kappa shape index (κ1) is 12.4. The van der Waals surface area contributed by atoms with Crippen LogP contribution in [0.3, 0.4) is 0 Å². The maximum absolute atomic E-state index is 11.8. The number of amides is 1. The number of carbonyl (C=O) groups is 1. The third-order valence-corrected chi connectivity index (χ3v) is 3.06. The van der Waals surface area contributed by atoms with Gasteiger partial charge in [-0.15, -0.1) is 0 Å². The van der Waals surface area contributed by atoms with Crippen LogP contribution in [0.5, 0.6) is 0 Å². The van der Waals surface area contributed by atoms with Crippen LogP contribution in [-0.4, -0.2) is 19.2 Å². The third kappa shape index (κ3) is 2.30. The first-order valence-corrected chi connectivity index (χ1v) is 6.06. The highest BCUT2D eigenvalue weighted by Gasteiger charge is 2.29. The first-order valence-electron chi connectivity index (χ1n) is 6.06. The van der Waals surface area contributed by atoms with Crippen LogP contribution in [0.4, 0.5) is 10.5 Å². The summed E-state index contributed by atoms with van der Waals surface area (Å²) in [4.78, 5) is 13.4. The van der Waals surface area contributed by atoms with Gasteiger partial charge in [0.25, 0.3) is 0 Å². The first-order chi connectivity index (χ1) is 8.63. The summed E-state index contributed by atoms with van der Waals surface area (Å²) in [5.41, 5.74) is 1.94. The van der Waals surface area contributed by atoms with Crippen LogP contribution >= 0.6 is 0 Å². The lowest BCUT2D eigenvalue weighted by Crippen LogP contribution is -2.43. The van der Waals surface area contributed by atoms with E-state index in [1.165, 1.54) is 0 Å². The van der Waals surface area contributed by atoms with Crippen molar-refractivity contribution in [3.8, 4) is 6.07 Å². The van der Waals surface area contributed by atoms with Gasteiger partial charge < -0.3 is 4.74 Å². The second-order valence-corrected chi connectivity index (χ2v) is 4.73. The summed E-state index contributed by atoms with van der Waals surface area (Å²) in [5, 5.41) is 8.95. The van der Waals surface area contributed by atoms with Crippen molar-refractivity contribution >= 4 is 11.8 Å². The molecule has 4 nitrogen and oxygen atoms in total. The highest BCUT2D eigenvalue weighted by molar-refractivity contribution is 5.89. The molecule has 1 fully saturated rings. The van der Waals surface area contributed by atoms with Gasteiger partial charge in [-0.25, -0.2) is 4.79 Å². The Hall–Kier alpha value is -2.02.